The zero-order chi connectivity index (χ0) is 11.4. The first-order valence-electron chi connectivity index (χ1n) is 5.03. The maximum Gasteiger partial charge on any atom is 0.178 e. The van der Waals surface area contributed by atoms with E-state index in [4.69, 9.17) is 0 Å². The van der Waals surface area contributed by atoms with Crippen molar-refractivity contribution in [1.29, 1.82) is 0 Å². The molecule has 0 aliphatic heterocycles. The number of carbonyl (C=O) groups is 1. The van der Waals surface area contributed by atoms with Gasteiger partial charge in [-0.3, -0.25) is 4.79 Å². The van der Waals surface area contributed by atoms with E-state index in [1.165, 1.54) is 0 Å². The topological polar surface area (TPSA) is 17.1 Å². The molecule has 1 nitrogen and oxygen atoms in total. The van der Waals surface area contributed by atoms with Crippen molar-refractivity contribution in [2.75, 3.05) is 0 Å². The summed E-state index contributed by atoms with van der Waals surface area (Å²) in [6.45, 7) is 12.4. The van der Waals surface area contributed by atoms with Gasteiger partial charge in [0, 0.05) is 0 Å². The minimum absolute atomic E-state index is 0.0647. The maximum absolute atomic E-state index is 11.4. The third-order valence-corrected chi connectivity index (χ3v) is 1.50. The van der Waals surface area contributed by atoms with Crippen LogP contribution in [0.4, 0.5) is 0 Å². The van der Waals surface area contributed by atoms with E-state index in [0.29, 0.717) is 0 Å². The van der Waals surface area contributed by atoms with Crippen molar-refractivity contribution < 1.29 is 4.79 Å². The van der Waals surface area contributed by atoms with Crippen molar-refractivity contribution in [3.05, 3.63) is 24.3 Å². The summed E-state index contributed by atoms with van der Waals surface area (Å²) in [6.07, 6.45) is 7.15. The van der Waals surface area contributed by atoms with E-state index in [1.807, 2.05) is 12.2 Å². The number of carbonyl (C=O) groups excluding carboxylic acids is 1. The Balaban J connectivity index is 4.27. The molecule has 0 spiro atoms. The van der Waals surface area contributed by atoms with Crippen LogP contribution >= 0.6 is 0 Å². The van der Waals surface area contributed by atoms with Crippen LogP contribution in [-0.4, -0.2) is 5.78 Å². The molecule has 0 aromatic heterocycles. The van der Waals surface area contributed by atoms with Gasteiger partial charge in [0.2, 0.25) is 0 Å². The van der Waals surface area contributed by atoms with E-state index >= 15 is 0 Å². The molecule has 0 N–H and O–H groups in total. The molecule has 0 heterocycles. The normalized spacial score (nSPS) is 14.1. The predicted molar refractivity (Wildman–Crippen MR) is 62.2 cm³/mol. The summed E-state index contributed by atoms with van der Waals surface area (Å²) in [5.41, 5.74) is 0.149. The van der Waals surface area contributed by atoms with Gasteiger partial charge in [0.1, 0.15) is 0 Å². The van der Waals surface area contributed by atoms with Crippen molar-refractivity contribution in [3.8, 4) is 0 Å². The van der Waals surface area contributed by atoms with Crippen LogP contribution < -0.4 is 0 Å². The lowest BCUT2D eigenvalue weighted by Gasteiger charge is -2.11. The fraction of sp³-hybridized carbons (Fsp3) is 0.615. The lowest BCUT2D eigenvalue weighted by Crippen LogP contribution is -2.02. The molecule has 0 aliphatic carbocycles. The molecule has 0 saturated heterocycles. The van der Waals surface area contributed by atoms with Crippen molar-refractivity contribution in [1.82, 2.24) is 0 Å². The van der Waals surface area contributed by atoms with Crippen LogP contribution in [0.3, 0.4) is 0 Å². The number of hydrogen-bond donors (Lipinski definition) is 0. The highest BCUT2D eigenvalue weighted by molar-refractivity contribution is 5.99. The molecule has 14 heavy (non-hydrogen) atoms. The molecule has 0 aliphatic rings. The molecule has 80 valence electrons. The van der Waals surface area contributed by atoms with Crippen LogP contribution in [-0.2, 0) is 4.79 Å². The van der Waals surface area contributed by atoms with E-state index in [1.54, 1.807) is 12.2 Å². The SMILES string of the molecule is CC(C)(C)C=CC(=O)C=CC(C)(C)C. The molecule has 1 heteroatoms. The summed E-state index contributed by atoms with van der Waals surface area (Å²) in [5.74, 6) is 0.0647. The highest BCUT2D eigenvalue weighted by Crippen LogP contribution is 2.16. The van der Waals surface area contributed by atoms with E-state index < -0.39 is 0 Å². The van der Waals surface area contributed by atoms with Crippen LogP contribution in [0.2, 0.25) is 0 Å². The summed E-state index contributed by atoms with van der Waals surface area (Å²) >= 11 is 0. The third-order valence-electron chi connectivity index (χ3n) is 1.50. The Kier molecular flexibility index (Phi) is 4.31. The molecule has 0 fully saturated rings. The predicted octanol–water partition coefficient (Wildman–Crippen LogP) is 3.76. The minimum atomic E-state index is 0.0647. The fourth-order valence-electron chi connectivity index (χ4n) is 0.720. The lowest BCUT2D eigenvalue weighted by atomic mass is 9.94. The second kappa shape index (κ2) is 4.59. The van der Waals surface area contributed by atoms with Gasteiger partial charge in [0.05, 0.1) is 0 Å². The van der Waals surface area contributed by atoms with E-state index in [9.17, 15) is 4.79 Å². The van der Waals surface area contributed by atoms with Gasteiger partial charge in [-0.1, -0.05) is 53.7 Å². The summed E-state index contributed by atoms with van der Waals surface area (Å²) < 4.78 is 0. The van der Waals surface area contributed by atoms with Crippen molar-refractivity contribution in [3.63, 3.8) is 0 Å². The van der Waals surface area contributed by atoms with Gasteiger partial charge in [0.15, 0.2) is 5.78 Å². The average molecular weight is 194 g/mol. The Hall–Kier alpha value is -0.850. The molecular weight excluding hydrogens is 172 g/mol. The van der Waals surface area contributed by atoms with E-state index in [0.717, 1.165) is 0 Å². The van der Waals surface area contributed by atoms with E-state index in [-0.39, 0.29) is 16.6 Å². The van der Waals surface area contributed by atoms with Crippen molar-refractivity contribution in [2.24, 2.45) is 10.8 Å². The Morgan fingerprint density at radius 1 is 0.786 bits per heavy atom. The summed E-state index contributed by atoms with van der Waals surface area (Å²) in [5, 5.41) is 0. The van der Waals surface area contributed by atoms with Gasteiger partial charge in [0.25, 0.3) is 0 Å². The first kappa shape index (κ1) is 13.2. The molecule has 0 saturated carbocycles. The average Bonchev–Trinajstić information content (AvgIpc) is 1.94. The molecule has 0 bridgehead atoms. The molecule has 0 aromatic rings. The van der Waals surface area contributed by atoms with Crippen LogP contribution in [0.5, 0.6) is 0 Å². The van der Waals surface area contributed by atoms with Crippen molar-refractivity contribution >= 4 is 5.78 Å². The van der Waals surface area contributed by atoms with Gasteiger partial charge in [-0.2, -0.15) is 0 Å². The van der Waals surface area contributed by atoms with Gasteiger partial charge in [-0.05, 0) is 23.0 Å². The Morgan fingerprint density at radius 2 is 1.07 bits per heavy atom. The highest BCUT2D eigenvalue weighted by Gasteiger charge is 2.06. The van der Waals surface area contributed by atoms with Gasteiger partial charge in [-0.15, -0.1) is 0 Å². The number of ketones is 1. The third kappa shape index (κ3) is 9.24. The van der Waals surface area contributed by atoms with E-state index in [2.05, 4.69) is 41.5 Å². The Morgan fingerprint density at radius 3 is 1.29 bits per heavy atom. The fourth-order valence-corrected chi connectivity index (χ4v) is 0.720. The maximum atomic E-state index is 11.4. The number of hydrogen-bond acceptors (Lipinski definition) is 1. The largest absolute Gasteiger partial charge is 0.290 e. The summed E-state index contributed by atoms with van der Waals surface area (Å²) in [6, 6.07) is 0. The van der Waals surface area contributed by atoms with Crippen molar-refractivity contribution in [2.45, 2.75) is 41.5 Å². The molecule has 0 atom stereocenters. The molecule has 0 amide bonds. The molecular formula is C13H22O. The van der Waals surface area contributed by atoms with Crippen LogP contribution in [0, 0.1) is 10.8 Å². The van der Waals surface area contributed by atoms with Gasteiger partial charge >= 0.3 is 0 Å². The van der Waals surface area contributed by atoms with Gasteiger partial charge in [-0.25, -0.2) is 0 Å². The molecule has 0 aromatic carbocycles. The summed E-state index contributed by atoms with van der Waals surface area (Å²) in [7, 11) is 0. The second-order valence-corrected chi connectivity index (χ2v) is 5.80. The Bertz CT molecular complexity index is 217. The van der Waals surface area contributed by atoms with Crippen LogP contribution in [0.25, 0.3) is 0 Å². The van der Waals surface area contributed by atoms with Crippen LogP contribution in [0.15, 0.2) is 24.3 Å². The molecule has 0 unspecified atom stereocenters. The van der Waals surface area contributed by atoms with Gasteiger partial charge < -0.3 is 0 Å². The zero-order valence-electron chi connectivity index (χ0n) is 10.2. The molecule has 0 radical (unpaired) electrons. The molecule has 0 rings (SSSR count). The summed E-state index contributed by atoms with van der Waals surface area (Å²) in [4.78, 5) is 11.4. The quantitative estimate of drug-likeness (QED) is 0.612. The first-order chi connectivity index (χ1) is 6.10. The lowest BCUT2D eigenvalue weighted by molar-refractivity contribution is -0.110. The smallest absolute Gasteiger partial charge is 0.178 e. The van der Waals surface area contributed by atoms with Crippen LogP contribution in [0.1, 0.15) is 41.5 Å². The minimum Gasteiger partial charge on any atom is -0.290 e. The zero-order valence-corrected chi connectivity index (χ0v) is 10.2. The number of allylic oxidation sites excluding steroid dienone is 4. The first-order valence-corrected chi connectivity index (χ1v) is 5.03. The second-order valence-electron chi connectivity index (χ2n) is 5.80. The Labute approximate surface area is 87.9 Å². The monoisotopic (exact) mass is 194 g/mol. The number of rotatable bonds is 2. The highest BCUT2D eigenvalue weighted by atomic mass is 16.1. The standard InChI is InChI=1S/C13H22O/c1-12(2,3)9-7-11(14)8-10-13(4,5)6/h7-10H,1-6H3.